The number of guanidine groups is 1. The van der Waals surface area contributed by atoms with Gasteiger partial charge in [0.2, 0.25) is 5.91 Å². The summed E-state index contributed by atoms with van der Waals surface area (Å²) in [5.41, 5.74) is 1.18. The van der Waals surface area contributed by atoms with Gasteiger partial charge in [-0.25, -0.2) is 0 Å². The van der Waals surface area contributed by atoms with Gasteiger partial charge in [-0.3, -0.25) is 14.7 Å². The van der Waals surface area contributed by atoms with Gasteiger partial charge in [0.1, 0.15) is 5.75 Å². The van der Waals surface area contributed by atoms with Gasteiger partial charge in [-0.15, -0.1) is 24.0 Å². The predicted octanol–water partition coefficient (Wildman–Crippen LogP) is 2.14. The number of likely N-dealkylation sites (tertiary alicyclic amines) is 1. The first kappa shape index (κ1) is 24.5. The lowest BCUT2D eigenvalue weighted by atomic mass is 10.0. The summed E-state index contributed by atoms with van der Waals surface area (Å²) in [5.74, 6) is 1.65. The molecule has 8 heteroatoms. The summed E-state index contributed by atoms with van der Waals surface area (Å²) in [4.78, 5) is 18.3. The number of rotatable bonds is 9. The summed E-state index contributed by atoms with van der Waals surface area (Å²) in [6.07, 6.45) is 2.45. The maximum absolute atomic E-state index is 11.0. The SMILES string of the molecule is CCNC(=NCC(c1ccccc1OC)N1CCCC1)NCCNC(C)=O.I. The number of benzene rings is 1. The van der Waals surface area contributed by atoms with E-state index in [0.29, 0.717) is 19.6 Å². The fourth-order valence-electron chi connectivity index (χ4n) is 3.34. The summed E-state index contributed by atoms with van der Waals surface area (Å²) in [6, 6.07) is 8.39. The van der Waals surface area contributed by atoms with Crippen molar-refractivity contribution in [1.82, 2.24) is 20.9 Å². The summed E-state index contributed by atoms with van der Waals surface area (Å²) >= 11 is 0. The van der Waals surface area contributed by atoms with Gasteiger partial charge in [0.25, 0.3) is 0 Å². The van der Waals surface area contributed by atoms with Crippen molar-refractivity contribution < 1.29 is 9.53 Å². The average Bonchev–Trinajstić information content (AvgIpc) is 3.20. The molecule has 0 bridgehead atoms. The molecule has 2 rings (SSSR count). The highest BCUT2D eigenvalue weighted by atomic mass is 127. The molecule has 1 aliphatic rings. The first-order valence-corrected chi connectivity index (χ1v) is 9.79. The molecule has 1 heterocycles. The minimum atomic E-state index is -0.0241. The number of aliphatic imine (C=N–C) groups is 1. The van der Waals surface area contributed by atoms with Crippen molar-refractivity contribution in [3.8, 4) is 5.75 Å². The van der Waals surface area contributed by atoms with Crippen LogP contribution in [0.1, 0.15) is 38.3 Å². The monoisotopic (exact) mass is 503 g/mol. The van der Waals surface area contributed by atoms with Gasteiger partial charge in [0.15, 0.2) is 5.96 Å². The zero-order chi connectivity index (χ0) is 19.5. The van der Waals surface area contributed by atoms with Gasteiger partial charge in [-0.05, 0) is 38.9 Å². The van der Waals surface area contributed by atoms with E-state index in [0.717, 1.165) is 31.3 Å². The molecule has 1 aromatic carbocycles. The van der Waals surface area contributed by atoms with E-state index >= 15 is 0 Å². The van der Waals surface area contributed by atoms with Crippen LogP contribution in [0.2, 0.25) is 0 Å². The van der Waals surface area contributed by atoms with Gasteiger partial charge in [0.05, 0.1) is 19.7 Å². The number of para-hydroxylation sites is 1. The number of hydrogen-bond donors (Lipinski definition) is 3. The van der Waals surface area contributed by atoms with Crippen molar-refractivity contribution in [3.63, 3.8) is 0 Å². The number of carbonyl (C=O) groups excluding carboxylic acids is 1. The Morgan fingerprint density at radius 2 is 1.86 bits per heavy atom. The molecular formula is C20H34IN5O2. The molecule has 0 spiro atoms. The van der Waals surface area contributed by atoms with E-state index in [2.05, 4.69) is 33.0 Å². The zero-order valence-corrected chi connectivity index (χ0v) is 19.5. The van der Waals surface area contributed by atoms with Crippen LogP contribution in [-0.4, -0.2) is 63.1 Å². The molecule has 1 saturated heterocycles. The second-order valence-corrected chi connectivity index (χ2v) is 6.63. The van der Waals surface area contributed by atoms with E-state index in [1.807, 2.05) is 19.1 Å². The van der Waals surface area contributed by atoms with E-state index in [4.69, 9.17) is 9.73 Å². The van der Waals surface area contributed by atoms with Gasteiger partial charge >= 0.3 is 0 Å². The van der Waals surface area contributed by atoms with E-state index in [1.165, 1.54) is 25.3 Å². The topological polar surface area (TPSA) is 78.0 Å². The molecule has 158 valence electrons. The number of carbonyl (C=O) groups is 1. The second kappa shape index (κ2) is 13.6. The molecular weight excluding hydrogens is 469 g/mol. The Kier molecular flexibility index (Phi) is 11.9. The molecule has 28 heavy (non-hydrogen) atoms. The van der Waals surface area contributed by atoms with E-state index in [9.17, 15) is 4.79 Å². The molecule has 0 aromatic heterocycles. The molecule has 0 radical (unpaired) electrons. The zero-order valence-electron chi connectivity index (χ0n) is 17.2. The highest BCUT2D eigenvalue weighted by Crippen LogP contribution is 2.31. The summed E-state index contributed by atoms with van der Waals surface area (Å²) in [7, 11) is 1.72. The summed E-state index contributed by atoms with van der Waals surface area (Å²) in [5, 5.41) is 9.33. The molecule has 7 nitrogen and oxygen atoms in total. The normalized spacial score (nSPS) is 15.5. The Labute approximate surface area is 185 Å². The number of nitrogens with one attached hydrogen (secondary N) is 3. The molecule has 1 aliphatic heterocycles. The molecule has 0 aliphatic carbocycles. The molecule has 1 amide bonds. The maximum Gasteiger partial charge on any atom is 0.216 e. The lowest BCUT2D eigenvalue weighted by Crippen LogP contribution is -2.41. The Morgan fingerprint density at radius 3 is 2.50 bits per heavy atom. The number of halogens is 1. The number of hydrogen-bond acceptors (Lipinski definition) is 4. The molecule has 1 unspecified atom stereocenters. The predicted molar refractivity (Wildman–Crippen MR) is 125 cm³/mol. The van der Waals surface area contributed by atoms with Crippen LogP contribution in [0.15, 0.2) is 29.3 Å². The molecule has 0 saturated carbocycles. The summed E-state index contributed by atoms with van der Waals surface area (Å²) < 4.78 is 5.60. The first-order valence-electron chi connectivity index (χ1n) is 9.79. The highest BCUT2D eigenvalue weighted by Gasteiger charge is 2.25. The van der Waals surface area contributed by atoms with Crippen molar-refractivity contribution in [3.05, 3.63) is 29.8 Å². The fraction of sp³-hybridized carbons (Fsp3) is 0.600. The quantitative estimate of drug-likeness (QED) is 0.208. The van der Waals surface area contributed by atoms with Crippen molar-refractivity contribution in [2.24, 2.45) is 4.99 Å². The Hall–Kier alpha value is -1.55. The van der Waals surface area contributed by atoms with E-state index < -0.39 is 0 Å². The largest absolute Gasteiger partial charge is 0.496 e. The lowest BCUT2D eigenvalue weighted by Gasteiger charge is -2.28. The van der Waals surface area contributed by atoms with Crippen LogP contribution < -0.4 is 20.7 Å². The Balaban J connectivity index is 0.00000392. The van der Waals surface area contributed by atoms with Crippen LogP contribution in [0.4, 0.5) is 0 Å². The second-order valence-electron chi connectivity index (χ2n) is 6.63. The fourth-order valence-corrected chi connectivity index (χ4v) is 3.34. The van der Waals surface area contributed by atoms with Gasteiger partial charge in [0, 0.05) is 32.1 Å². The highest BCUT2D eigenvalue weighted by molar-refractivity contribution is 14.0. The average molecular weight is 503 g/mol. The Morgan fingerprint density at radius 1 is 1.18 bits per heavy atom. The van der Waals surface area contributed by atoms with E-state index in [1.54, 1.807) is 7.11 Å². The Bertz CT molecular complexity index is 620. The number of ether oxygens (including phenoxy) is 1. The van der Waals surface area contributed by atoms with Crippen molar-refractivity contribution in [2.45, 2.75) is 32.7 Å². The van der Waals surface area contributed by atoms with Crippen LogP contribution in [0.5, 0.6) is 5.75 Å². The number of nitrogens with zero attached hydrogens (tertiary/aromatic N) is 2. The van der Waals surface area contributed by atoms with Crippen molar-refractivity contribution in [1.29, 1.82) is 0 Å². The van der Waals surface area contributed by atoms with Gasteiger partial charge < -0.3 is 20.7 Å². The third-order valence-electron chi connectivity index (χ3n) is 4.64. The summed E-state index contributed by atoms with van der Waals surface area (Å²) in [6.45, 7) is 8.38. The maximum atomic E-state index is 11.0. The minimum absolute atomic E-state index is 0. The van der Waals surface area contributed by atoms with Gasteiger partial charge in [-0.2, -0.15) is 0 Å². The lowest BCUT2D eigenvalue weighted by molar-refractivity contribution is -0.118. The first-order chi connectivity index (χ1) is 13.2. The van der Waals surface area contributed by atoms with E-state index in [-0.39, 0.29) is 35.9 Å². The van der Waals surface area contributed by atoms with Crippen LogP contribution in [0, 0.1) is 0 Å². The molecule has 1 aromatic rings. The van der Waals surface area contributed by atoms with Crippen LogP contribution in [0.25, 0.3) is 0 Å². The van der Waals surface area contributed by atoms with Crippen LogP contribution >= 0.6 is 24.0 Å². The van der Waals surface area contributed by atoms with Gasteiger partial charge in [-0.1, -0.05) is 18.2 Å². The number of methoxy groups -OCH3 is 1. The molecule has 3 N–H and O–H groups in total. The van der Waals surface area contributed by atoms with Crippen LogP contribution in [0.3, 0.4) is 0 Å². The third kappa shape index (κ3) is 7.83. The molecule has 1 atom stereocenters. The third-order valence-corrected chi connectivity index (χ3v) is 4.64. The van der Waals surface area contributed by atoms with Crippen LogP contribution in [-0.2, 0) is 4.79 Å². The minimum Gasteiger partial charge on any atom is -0.496 e. The van der Waals surface area contributed by atoms with Crippen molar-refractivity contribution in [2.75, 3.05) is 46.4 Å². The standard InChI is InChI=1S/C20H33N5O2.HI/c1-4-21-20(23-12-11-22-16(2)26)24-15-18(25-13-7-8-14-25)17-9-5-6-10-19(17)27-3;/h5-6,9-10,18H,4,7-8,11-15H2,1-3H3,(H,22,26)(H2,21,23,24);1H. The smallest absolute Gasteiger partial charge is 0.216 e. The molecule has 1 fully saturated rings. The van der Waals surface area contributed by atoms with Crippen molar-refractivity contribution >= 4 is 35.8 Å². The number of amides is 1.